The van der Waals surface area contributed by atoms with Gasteiger partial charge in [0.05, 0.1) is 11.3 Å². The molecule has 31 heavy (non-hydrogen) atoms. The molecular weight excluding hydrogens is 396 g/mol. The largest absolute Gasteiger partial charge is 0.454 e. The average molecular weight is 414 g/mol. The molecule has 0 aliphatic carbocycles. The van der Waals surface area contributed by atoms with Crippen LogP contribution in [0.4, 0.5) is 11.4 Å². The van der Waals surface area contributed by atoms with E-state index in [1.807, 2.05) is 31.2 Å². The molecule has 0 saturated carbocycles. The van der Waals surface area contributed by atoms with Gasteiger partial charge in [-0.1, -0.05) is 30.3 Å². The van der Waals surface area contributed by atoms with Crippen molar-refractivity contribution in [2.24, 2.45) is 0 Å². The Morgan fingerprint density at radius 3 is 2.48 bits per heavy atom. The summed E-state index contributed by atoms with van der Waals surface area (Å²) >= 11 is 0. The summed E-state index contributed by atoms with van der Waals surface area (Å²) in [5.41, 5.74) is 2.64. The van der Waals surface area contributed by atoms with E-state index in [4.69, 9.17) is 13.9 Å². The van der Waals surface area contributed by atoms with E-state index in [0.717, 1.165) is 10.9 Å². The number of nitrogens with one attached hydrogen (secondary N) is 2. The molecule has 3 aromatic carbocycles. The minimum Gasteiger partial charge on any atom is -0.454 e. The quantitative estimate of drug-likeness (QED) is 0.492. The molecular formula is C24H18N2O5. The van der Waals surface area contributed by atoms with E-state index in [1.165, 1.54) is 0 Å². The number of rotatable bonds is 4. The Hall–Kier alpha value is -4.26. The Bertz CT molecular complexity index is 1320. The van der Waals surface area contributed by atoms with E-state index in [1.54, 1.807) is 42.5 Å². The summed E-state index contributed by atoms with van der Waals surface area (Å²) in [4.78, 5) is 25.8. The zero-order valence-corrected chi connectivity index (χ0v) is 16.6. The van der Waals surface area contributed by atoms with Gasteiger partial charge in [-0.3, -0.25) is 9.59 Å². The van der Waals surface area contributed by atoms with Gasteiger partial charge in [-0.15, -0.1) is 0 Å². The molecule has 0 atom stereocenters. The van der Waals surface area contributed by atoms with Crippen LogP contribution in [0.25, 0.3) is 11.0 Å². The molecule has 0 spiro atoms. The number of carbonyl (C=O) groups is 2. The van der Waals surface area contributed by atoms with E-state index >= 15 is 0 Å². The maximum Gasteiger partial charge on any atom is 0.291 e. The molecule has 0 saturated heterocycles. The SMILES string of the molecule is Cc1c(C(=O)Nc2ccccc2C(=O)Nc2ccc3c(c2)OCO3)oc2ccccc12. The number of carbonyl (C=O) groups excluding carboxylic acids is 2. The molecule has 1 aromatic heterocycles. The van der Waals surface area contributed by atoms with E-state index in [2.05, 4.69) is 10.6 Å². The van der Waals surface area contributed by atoms with Gasteiger partial charge in [0.2, 0.25) is 6.79 Å². The second-order valence-corrected chi connectivity index (χ2v) is 7.07. The summed E-state index contributed by atoms with van der Waals surface area (Å²) in [6.07, 6.45) is 0. The van der Waals surface area contributed by atoms with Crippen molar-refractivity contribution >= 4 is 34.2 Å². The van der Waals surface area contributed by atoms with Gasteiger partial charge >= 0.3 is 0 Å². The number of amides is 2. The highest BCUT2D eigenvalue weighted by molar-refractivity contribution is 6.13. The van der Waals surface area contributed by atoms with E-state index in [9.17, 15) is 9.59 Å². The maximum absolute atomic E-state index is 12.9. The van der Waals surface area contributed by atoms with Crippen molar-refractivity contribution in [3.63, 3.8) is 0 Å². The third-order valence-electron chi connectivity index (χ3n) is 5.10. The molecule has 4 aromatic rings. The van der Waals surface area contributed by atoms with Gasteiger partial charge in [0.15, 0.2) is 17.3 Å². The van der Waals surface area contributed by atoms with Crippen LogP contribution in [0.3, 0.4) is 0 Å². The molecule has 0 bridgehead atoms. The lowest BCUT2D eigenvalue weighted by Gasteiger charge is -2.11. The van der Waals surface area contributed by atoms with Gasteiger partial charge in [0.25, 0.3) is 11.8 Å². The fourth-order valence-corrected chi connectivity index (χ4v) is 3.53. The van der Waals surface area contributed by atoms with Crippen molar-refractivity contribution in [3.05, 3.63) is 83.6 Å². The molecule has 0 unspecified atom stereocenters. The van der Waals surface area contributed by atoms with E-state index < -0.39 is 5.91 Å². The molecule has 1 aliphatic rings. The monoisotopic (exact) mass is 414 g/mol. The van der Waals surface area contributed by atoms with Crippen LogP contribution in [0.1, 0.15) is 26.5 Å². The average Bonchev–Trinajstić information content (AvgIpc) is 3.38. The molecule has 7 nitrogen and oxygen atoms in total. The Labute approximate surface area is 177 Å². The number of para-hydroxylation sites is 2. The lowest BCUT2D eigenvalue weighted by molar-refractivity contribution is 0.0998. The standard InChI is InChI=1S/C24H18N2O5/c1-14-16-6-3-5-9-19(16)31-22(14)24(28)26-18-8-4-2-7-17(18)23(27)25-15-10-11-20-21(12-15)30-13-29-20/h2-12H,13H2,1H3,(H,25,27)(H,26,28). The first-order valence-electron chi connectivity index (χ1n) is 9.69. The third kappa shape index (κ3) is 3.46. The zero-order chi connectivity index (χ0) is 21.4. The maximum atomic E-state index is 12.9. The molecule has 1 aliphatic heterocycles. The first-order valence-corrected chi connectivity index (χ1v) is 9.69. The van der Waals surface area contributed by atoms with Gasteiger partial charge in [-0.25, -0.2) is 0 Å². The second kappa shape index (κ2) is 7.53. The number of benzene rings is 3. The number of fused-ring (bicyclic) bond motifs is 2. The Morgan fingerprint density at radius 2 is 1.61 bits per heavy atom. The topological polar surface area (TPSA) is 89.8 Å². The fourth-order valence-electron chi connectivity index (χ4n) is 3.53. The summed E-state index contributed by atoms with van der Waals surface area (Å²) in [7, 11) is 0. The van der Waals surface area contributed by atoms with Crippen LogP contribution in [0.5, 0.6) is 11.5 Å². The van der Waals surface area contributed by atoms with Crippen LogP contribution in [-0.2, 0) is 0 Å². The number of hydrogen-bond donors (Lipinski definition) is 2. The van der Waals surface area contributed by atoms with E-state index in [0.29, 0.717) is 34.0 Å². The van der Waals surface area contributed by atoms with Crippen molar-refractivity contribution in [3.8, 4) is 11.5 Å². The fraction of sp³-hybridized carbons (Fsp3) is 0.0833. The van der Waals surface area contributed by atoms with Crippen LogP contribution >= 0.6 is 0 Å². The third-order valence-corrected chi connectivity index (χ3v) is 5.10. The molecule has 7 heteroatoms. The van der Waals surface area contributed by atoms with Crippen LogP contribution in [0, 0.1) is 6.92 Å². The molecule has 2 heterocycles. The lowest BCUT2D eigenvalue weighted by atomic mass is 10.1. The molecule has 0 fully saturated rings. The van der Waals surface area contributed by atoms with Crippen molar-refractivity contribution in [2.75, 3.05) is 17.4 Å². The summed E-state index contributed by atoms with van der Waals surface area (Å²) < 4.78 is 16.4. The van der Waals surface area contributed by atoms with Crippen LogP contribution in [-0.4, -0.2) is 18.6 Å². The Morgan fingerprint density at radius 1 is 0.839 bits per heavy atom. The minimum absolute atomic E-state index is 0.156. The van der Waals surface area contributed by atoms with Crippen LogP contribution in [0.15, 0.2) is 71.1 Å². The van der Waals surface area contributed by atoms with Gasteiger partial charge in [0.1, 0.15) is 5.58 Å². The zero-order valence-electron chi connectivity index (χ0n) is 16.6. The lowest BCUT2D eigenvalue weighted by Crippen LogP contribution is -2.18. The smallest absolute Gasteiger partial charge is 0.291 e. The van der Waals surface area contributed by atoms with Gasteiger partial charge in [-0.05, 0) is 37.3 Å². The Kier molecular flexibility index (Phi) is 4.55. The molecule has 5 rings (SSSR count). The van der Waals surface area contributed by atoms with Crippen LogP contribution < -0.4 is 20.1 Å². The molecule has 2 amide bonds. The predicted molar refractivity (Wildman–Crippen MR) is 116 cm³/mol. The summed E-state index contributed by atoms with van der Waals surface area (Å²) in [5, 5.41) is 6.50. The molecule has 154 valence electrons. The van der Waals surface area contributed by atoms with Gasteiger partial charge in [0, 0.05) is 22.7 Å². The van der Waals surface area contributed by atoms with Crippen molar-refractivity contribution in [2.45, 2.75) is 6.92 Å². The number of hydrogen-bond acceptors (Lipinski definition) is 5. The van der Waals surface area contributed by atoms with Gasteiger partial charge in [-0.2, -0.15) is 0 Å². The van der Waals surface area contributed by atoms with Gasteiger partial charge < -0.3 is 24.5 Å². The minimum atomic E-state index is -0.419. The van der Waals surface area contributed by atoms with Crippen molar-refractivity contribution < 1.29 is 23.5 Å². The van der Waals surface area contributed by atoms with Crippen molar-refractivity contribution in [1.82, 2.24) is 0 Å². The highest BCUT2D eigenvalue weighted by Gasteiger charge is 2.20. The number of aryl methyl sites for hydroxylation is 1. The summed E-state index contributed by atoms with van der Waals surface area (Å²) in [6.45, 7) is 1.99. The Balaban J connectivity index is 1.39. The van der Waals surface area contributed by atoms with E-state index in [-0.39, 0.29) is 18.5 Å². The molecule has 2 N–H and O–H groups in total. The number of furan rings is 1. The summed E-state index contributed by atoms with van der Waals surface area (Å²) in [6, 6.07) is 19.4. The molecule has 0 radical (unpaired) electrons. The highest BCUT2D eigenvalue weighted by atomic mass is 16.7. The van der Waals surface area contributed by atoms with Crippen molar-refractivity contribution in [1.29, 1.82) is 0 Å². The predicted octanol–water partition coefficient (Wildman–Crippen LogP) is 4.97. The summed E-state index contributed by atoms with van der Waals surface area (Å²) in [5.74, 6) is 0.631. The number of ether oxygens (including phenoxy) is 2. The van der Waals surface area contributed by atoms with Crippen LogP contribution in [0.2, 0.25) is 0 Å². The second-order valence-electron chi connectivity index (χ2n) is 7.07. The highest BCUT2D eigenvalue weighted by Crippen LogP contribution is 2.34. The number of anilines is 2. The normalized spacial score (nSPS) is 12.0. The first-order chi connectivity index (χ1) is 15.1. The first kappa shape index (κ1) is 18.7.